The maximum atomic E-state index is 12.2. The van der Waals surface area contributed by atoms with Crippen molar-refractivity contribution >= 4 is 17.6 Å². The van der Waals surface area contributed by atoms with Gasteiger partial charge in [0.25, 0.3) is 0 Å². The van der Waals surface area contributed by atoms with Crippen LogP contribution in [0.3, 0.4) is 0 Å². The fraction of sp³-hybridized carbons (Fsp3) is 0.500. The minimum Gasteiger partial charge on any atom is -0.497 e. The van der Waals surface area contributed by atoms with Gasteiger partial charge in [-0.15, -0.1) is 0 Å². The first-order valence-corrected chi connectivity index (χ1v) is 7.25. The van der Waals surface area contributed by atoms with Crippen molar-refractivity contribution in [3.63, 3.8) is 0 Å². The molecule has 1 amide bonds. The van der Waals surface area contributed by atoms with E-state index in [-0.39, 0.29) is 12.3 Å². The maximum Gasteiger partial charge on any atom is 0.310 e. The monoisotopic (exact) mass is 307 g/mol. The van der Waals surface area contributed by atoms with Crippen molar-refractivity contribution in [1.29, 1.82) is 0 Å². The van der Waals surface area contributed by atoms with E-state index in [2.05, 4.69) is 5.32 Å². The highest BCUT2D eigenvalue weighted by Gasteiger charge is 2.42. The second-order valence-corrected chi connectivity index (χ2v) is 5.62. The number of nitrogens with one attached hydrogen (secondary N) is 1. The Bertz CT molecular complexity index is 541. The molecule has 22 heavy (non-hydrogen) atoms. The van der Waals surface area contributed by atoms with E-state index >= 15 is 0 Å². The normalized spacial score (nSPS) is 16.1. The number of amides is 1. The average molecular weight is 307 g/mol. The highest BCUT2D eigenvalue weighted by atomic mass is 16.5. The van der Waals surface area contributed by atoms with Gasteiger partial charge in [-0.2, -0.15) is 0 Å². The lowest BCUT2D eigenvalue weighted by Crippen LogP contribution is -2.32. The molecule has 0 bridgehead atoms. The molecule has 0 saturated heterocycles. The quantitative estimate of drug-likeness (QED) is 0.844. The Balaban J connectivity index is 2.10. The van der Waals surface area contributed by atoms with E-state index in [0.29, 0.717) is 30.0 Å². The smallest absolute Gasteiger partial charge is 0.310 e. The summed E-state index contributed by atoms with van der Waals surface area (Å²) in [5.41, 5.74) is -0.396. The fourth-order valence-corrected chi connectivity index (χ4v) is 2.91. The molecule has 0 heterocycles. The fourth-order valence-electron chi connectivity index (χ4n) is 2.91. The van der Waals surface area contributed by atoms with Crippen LogP contribution in [0.1, 0.15) is 32.1 Å². The SMILES string of the molecule is COc1cc(NC(=O)CC2(C(=O)O)CCCC2)cc(OC)c1. The van der Waals surface area contributed by atoms with E-state index in [0.717, 1.165) is 12.8 Å². The van der Waals surface area contributed by atoms with Crippen LogP contribution in [-0.4, -0.2) is 31.2 Å². The van der Waals surface area contributed by atoms with Crippen LogP contribution in [0.15, 0.2) is 18.2 Å². The minimum absolute atomic E-state index is 0.0120. The van der Waals surface area contributed by atoms with Gasteiger partial charge in [-0.25, -0.2) is 0 Å². The minimum atomic E-state index is -0.924. The van der Waals surface area contributed by atoms with Gasteiger partial charge >= 0.3 is 5.97 Å². The highest BCUT2D eigenvalue weighted by Crippen LogP contribution is 2.41. The van der Waals surface area contributed by atoms with Crippen molar-refractivity contribution in [1.82, 2.24) is 0 Å². The van der Waals surface area contributed by atoms with E-state index in [1.807, 2.05) is 0 Å². The number of methoxy groups -OCH3 is 2. The van der Waals surface area contributed by atoms with Gasteiger partial charge in [0.05, 0.1) is 19.6 Å². The largest absolute Gasteiger partial charge is 0.497 e. The number of aliphatic carboxylic acids is 1. The number of carboxylic acids is 1. The molecule has 0 radical (unpaired) electrons. The van der Waals surface area contributed by atoms with Gasteiger partial charge in [0.15, 0.2) is 0 Å². The summed E-state index contributed by atoms with van der Waals surface area (Å²) in [6, 6.07) is 5.04. The lowest BCUT2D eigenvalue weighted by Gasteiger charge is -2.23. The summed E-state index contributed by atoms with van der Waals surface area (Å²) in [7, 11) is 3.05. The molecule has 1 saturated carbocycles. The van der Waals surface area contributed by atoms with Crippen LogP contribution in [0.25, 0.3) is 0 Å². The molecule has 6 heteroatoms. The van der Waals surface area contributed by atoms with Gasteiger partial charge in [-0.05, 0) is 12.8 Å². The number of hydrogen-bond acceptors (Lipinski definition) is 4. The first kappa shape index (κ1) is 16.1. The predicted octanol–water partition coefficient (Wildman–Crippen LogP) is 2.68. The van der Waals surface area contributed by atoms with E-state index in [1.54, 1.807) is 18.2 Å². The third kappa shape index (κ3) is 3.50. The molecule has 1 aromatic rings. The zero-order valence-corrected chi connectivity index (χ0v) is 12.8. The molecule has 1 aliphatic carbocycles. The summed E-state index contributed by atoms with van der Waals surface area (Å²) in [5.74, 6) is -0.0742. The van der Waals surface area contributed by atoms with E-state index in [9.17, 15) is 14.7 Å². The number of anilines is 1. The van der Waals surface area contributed by atoms with Crippen LogP contribution < -0.4 is 14.8 Å². The third-order valence-corrected chi connectivity index (χ3v) is 4.15. The Labute approximate surface area is 129 Å². The highest BCUT2D eigenvalue weighted by molar-refractivity contribution is 5.94. The van der Waals surface area contributed by atoms with Crippen molar-refractivity contribution in [3.05, 3.63) is 18.2 Å². The van der Waals surface area contributed by atoms with Crippen LogP contribution in [0, 0.1) is 5.41 Å². The zero-order chi connectivity index (χ0) is 16.2. The molecule has 0 aliphatic heterocycles. The van der Waals surface area contributed by atoms with Crippen molar-refractivity contribution in [2.75, 3.05) is 19.5 Å². The Morgan fingerprint density at radius 1 is 1.14 bits per heavy atom. The first-order chi connectivity index (χ1) is 10.5. The summed E-state index contributed by atoms with van der Waals surface area (Å²) in [5, 5.41) is 12.2. The van der Waals surface area contributed by atoms with Crippen LogP contribution in [0.5, 0.6) is 11.5 Å². The number of rotatable bonds is 6. The number of carboxylic acid groups (broad SMARTS) is 1. The number of benzene rings is 1. The van der Waals surface area contributed by atoms with Crippen LogP contribution in [-0.2, 0) is 9.59 Å². The van der Waals surface area contributed by atoms with Crippen molar-refractivity contribution < 1.29 is 24.2 Å². The topological polar surface area (TPSA) is 84.9 Å². The van der Waals surface area contributed by atoms with E-state index in [4.69, 9.17) is 9.47 Å². The molecule has 6 nitrogen and oxygen atoms in total. The summed E-state index contributed by atoms with van der Waals surface area (Å²) >= 11 is 0. The summed E-state index contributed by atoms with van der Waals surface area (Å²) in [4.78, 5) is 23.7. The van der Waals surface area contributed by atoms with Crippen LogP contribution in [0.4, 0.5) is 5.69 Å². The Morgan fingerprint density at radius 3 is 2.14 bits per heavy atom. The summed E-state index contributed by atoms with van der Waals surface area (Å²) < 4.78 is 10.3. The van der Waals surface area contributed by atoms with Gasteiger partial charge in [0, 0.05) is 30.3 Å². The Morgan fingerprint density at radius 2 is 1.68 bits per heavy atom. The zero-order valence-electron chi connectivity index (χ0n) is 12.8. The summed E-state index contributed by atoms with van der Waals surface area (Å²) in [6.45, 7) is 0. The molecule has 0 aromatic heterocycles. The summed E-state index contributed by atoms with van der Waals surface area (Å²) in [6.07, 6.45) is 2.80. The van der Waals surface area contributed by atoms with Crippen molar-refractivity contribution in [3.8, 4) is 11.5 Å². The average Bonchev–Trinajstić information content (AvgIpc) is 2.96. The molecule has 1 aromatic carbocycles. The lowest BCUT2D eigenvalue weighted by molar-refractivity contribution is -0.150. The second kappa shape index (κ2) is 6.68. The van der Waals surface area contributed by atoms with Gasteiger partial charge in [-0.1, -0.05) is 12.8 Å². The molecule has 1 aliphatic rings. The van der Waals surface area contributed by atoms with E-state index in [1.165, 1.54) is 14.2 Å². The maximum absolute atomic E-state index is 12.2. The van der Waals surface area contributed by atoms with Crippen molar-refractivity contribution in [2.45, 2.75) is 32.1 Å². The number of carbonyl (C=O) groups is 2. The molecule has 2 rings (SSSR count). The first-order valence-electron chi connectivity index (χ1n) is 7.25. The molecule has 0 spiro atoms. The van der Waals surface area contributed by atoms with Gasteiger partial charge < -0.3 is 19.9 Å². The Hall–Kier alpha value is -2.24. The molecule has 0 unspecified atom stereocenters. The van der Waals surface area contributed by atoms with Crippen LogP contribution in [0.2, 0.25) is 0 Å². The number of ether oxygens (including phenoxy) is 2. The number of hydrogen-bond donors (Lipinski definition) is 2. The van der Waals surface area contributed by atoms with Gasteiger partial charge in [-0.3, -0.25) is 9.59 Å². The van der Waals surface area contributed by atoms with Crippen LogP contribution >= 0.6 is 0 Å². The van der Waals surface area contributed by atoms with Gasteiger partial charge in [0.1, 0.15) is 11.5 Å². The van der Waals surface area contributed by atoms with Gasteiger partial charge in [0.2, 0.25) is 5.91 Å². The lowest BCUT2D eigenvalue weighted by atomic mass is 9.82. The Kier molecular flexibility index (Phi) is 4.90. The predicted molar refractivity (Wildman–Crippen MR) is 81.3 cm³/mol. The molecule has 1 fully saturated rings. The second-order valence-electron chi connectivity index (χ2n) is 5.62. The molecule has 2 N–H and O–H groups in total. The number of carbonyl (C=O) groups excluding carboxylic acids is 1. The molecule has 0 atom stereocenters. The molecule has 120 valence electrons. The molecular formula is C16H21NO5. The van der Waals surface area contributed by atoms with Crippen molar-refractivity contribution in [2.24, 2.45) is 5.41 Å². The standard InChI is InChI=1S/C16H21NO5/c1-21-12-7-11(8-13(9-12)22-2)17-14(18)10-16(15(19)20)5-3-4-6-16/h7-9H,3-6,10H2,1-2H3,(H,17,18)(H,19,20). The molecular weight excluding hydrogens is 286 g/mol. The third-order valence-electron chi connectivity index (χ3n) is 4.15. The van der Waals surface area contributed by atoms with E-state index < -0.39 is 11.4 Å².